The Bertz CT molecular complexity index is 1340. The largest absolute Gasteiger partial charge is 0.491 e. The third kappa shape index (κ3) is 4.03. The summed E-state index contributed by atoms with van der Waals surface area (Å²) >= 11 is 12.7. The summed E-state index contributed by atoms with van der Waals surface area (Å²) in [6.45, 7) is 1.96. The Morgan fingerprint density at radius 1 is 1.06 bits per heavy atom. The van der Waals surface area contributed by atoms with E-state index in [0.29, 0.717) is 27.0 Å². The summed E-state index contributed by atoms with van der Waals surface area (Å²) in [6.07, 6.45) is 0.865. The SMILES string of the molecule is CCc1ccc(OCCO)c([C@H]2NC(=O)CC(c3cccc(Cl)c3)[C@]23C(=O)Nc2cc(Cl)ccc23)c1. The first-order chi connectivity index (χ1) is 17.4. The standard InChI is InChI=1S/C28H26Cl2N2O4/c1-2-16-6-9-24(36-11-10-33)20(12-16)26-28(21-8-7-19(30)14-23(21)31-27(28)35)22(15-25(34)32-26)17-4-3-5-18(29)13-17/h3-9,12-14,22,26,33H,2,10-11,15H2,1H3,(H,31,35)(H,32,34)/t22?,26-,28+/m1/s1. The number of hydrogen-bond donors (Lipinski definition) is 3. The predicted octanol–water partition coefficient (Wildman–Crippen LogP) is 5.16. The van der Waals surface area contributed by atoms with Gasteiger partial charge in [-0.3, -0.25) is 9.59 Å². The maximum absolute atomic E-state index is 14.1. The monoisotopic (exact) mass is 524 g/mol. The van der Waals surface area contributed by atoms with E-state index in [1.54, 1.807) is 18.2 Å². The summed E-state index contributed by atoms with van der Waals surface area (Å²) in [5.74, 6) is -0.410. The van der Waals surface area contributed by atoms with Crippen molar-refractivity contribution < 1.29 is 19.4 Å². The molecule has 2 aliphatic heterocycles. The van der Waals surface area contributed by atoms with Gasteiger partial charge in [0.2, 0.25) is 11.8 Å². The Labute approximate surface area is 219 Å². The van der Waals surface area contributed by atoms with E-state index in [4.69, 9.17) is 27.9 Å². The molecular weight excluding hydrogens is 499 g/mol. The summed E-state index contributed by atoms with van der Waals surface area (Å²) in [6, 6.07) is 17.7. The Kier molecular flexibility index (Phi) is 6.68. The highest BCUT2D eigenvalue weighted by atomic mass is 35.5. The van der Waals surface area contributed by atoms with Gasteiger partial charge in [-0.15, -0.1) is 0 Å². The quantitative estimate of drug-likeness (QED) is 0.415. The number of anilines is 1. The van der Waals surface area contributed by atoms with Crippen LogP contribution in [0.1, 0.15) is 47.6 Å². The Balaban J connectivity index is 1.80. The number of halogens is 2. The minimum Gasteiger partial charge on any atom is -0.491 e. The molecule has 0 bridgehead atoms. The van der Waals surface area contributed by atoms with Gasteiger partial charge in [-0.2, -0.15) is 0 Å². The van der Waals surface area contributed by atoms with Gasteiger partial charge in [0.05, 0.1) is 12.6 Å². The zero-order valence-electron chi connectivity index (χ0n) is 19.7. The first kappa shape index (κ1) is 24.6. The van der Waals surface area contributed by atoms with E-state index in [-0.39, 0.29) is 31.4 Å². The molecule has 3 atom stereocenters. The molecule has 1 saturated heterocycles. The van der Waals surface area contributed by atoms with E-state index in [1.807, 2.05) is 49.4 Å². The molecule has 1 spiro atoms. The maximum Gasteiger partial charge on any atom is 0.238 e. The van der Waals surface area contributed by atoms with E-state index in [0.717, 1.165) is 23.1 Å². The molecular formula is C28H26Cl2N2O4. The van der Waals surface area contributed by atoms with Crippen LogP contribution in [0.15, 0.2) is 60.7 Å². The van der Waals surface area contributed by atoms with Gasteiger partial charge in [-0.1, -0.05) is 54.4 Å². The molecule has 1 fully saturated rings. The number of benzene rings is 3. The fourth-order valence-corrected chi connectivity index (χ4v) is 5.97. The van der Waals surface area contributed by atoms with Crippen molar-refractivity contribution >= 4 is 40.7 Å². The summed E-state index contributed by atoms with van der Waals surface area (Å²) in [5.41, 5.74) is 2.69. The third-order valence-corrected chi connectivity index (χ3v) is 7.61. The summed E-state index contributed by atoms with van der Waals surface area (Å²) < 4.78 is 5.90. The zero-order chi connectivity index (χ0) is 25.4. The van der Waals surface area contributed by atoms with Crippen LogP contribution in [0, 0.1) is 0 Å². The van der Waals surface area contributed by atoms with Crippen molar-refractivity contribution in [1.29, 1.82) is 0 Å². The van der Waals surface area contributed by atoms with Crippen LogP contribution in [-0.4, -0.2) is 30.1 Å². The molecule has 8 heteroatoms. The van der Waals surface area contributed by atoms with Crippen molar-refractivity contribution in [3.63, 3.8) is 0 Å². The lowest BCUT2D eigenvalue weighted by Crippen LogP contribution is -2.57. The van der Waals surface area contributed by atoms with Crippen molar-refractivity contribution in [3.8, 4) is 5.75 Å². The number of piperidine rings is 1. The van der Waals surface area contributed by atoms with E-state index in [9.17, 15) is 14.7 Å². The van der Waals surface area contributed by atoms with Crippen LogP contribution in [0.25, 0.3) is 0 Å². The van der Waals surface area contributed by atoms with Crippen LogP contribution < -0.4 is 15.4 Å². The second kappa shape index (κ2) is 9.77. The normalized spacial score (nSPS) is 22.8. The van der Waals surface area contributed by atoms with Crippen molar-refractivity contribution in [3.05, 3.63) is 93.0 Å². The second-order valence-corrected chi connectivity index (χ2v) is 10.00. The van der Waals surface area contributed by atoms with Gasteiger partial charge < -0.3 is 20.5 Å². The molecule has 2 aliphatic rings. The van der Waals surface area contributed by atoms with Gasteiger partial charge in [0, 0.05) is 33.6 Å². The number of nitrogens with one attached hydrogen (secondary N) is 2. The molecule has 3 N–H and O–H groups in total. The van der Waals surface area contributed by atoms with Crippen molar-refractivity contribution in [2.24, 2.45) is 0 Å². The number of carbonyl (C=O) groups is 2. The van der Waals surface area contributed by atoms with Gasteiger partial charge >= 0.3 is 0 Å². The molecule has 3 aromatic carbocycles. The number of carbonyl (C=O) groups excluding carboxylic acids is 2. The number of aliphatic hydroxyl groups is 1. The third-order valence-electron chi connectivity index (χ3n) is 7.14. The number of aryl methyl sites for hydroxylation is 1. The smallest absolute Gasteiger partial charge is 0.238 e. The highest BCUT2D eigenvalue weighted by Gasteiger charge is 2.61. The molecule has 2 heterocycles. The molecule has 36 heavy (non-hydrogen) atoms. The van der Waals surface area contributed by atoms with Gasteiger partial charge in [-0.25, -0.2) is 0 Å². The van der Waals surface area contributed by atoms with Gasteiger partial charge in [-0.05, 0) is 59.5 Å². The van der Waals surface area contributed by atoms with E-state index < -0.39 is 17.4 Å². The number of rotatable bonds is 6. The topological polar surface area (TPSA) is 87.7 Å². The Morgan fingerprint density at radius 2 is 1.86 bits per heavy atom. The first-order valence-electron chi connectivity index (χ1n) is 11.9. The van der Waals surface area contributed by atoms with Crippen molar-refractivity contribution in [1.82, 2.24) is 5.32 Å². The van der Waals surface area contributed by atoms with Crippen LogP contribution in [0.5, 0.6) is 5.75 Å². The minimum atomic E-state index is -1.19. The molecule has 1 unspecified atom stereocenters. The lowest BCUT2D eigenvalue weighted by molar-refractivity contribution is -0.131. The second-order valence-electron chi connectivity index (χ2n) is 9.12. The van der Waals surface area contributed by atoms with Crippen LogP contribution in [0.2, 0.25) is 10.0 Å². The summed E-state index contributed by atoms with van der Waals surface area (Å²) in [7, 11) is 0. The van der Waals surface area contributed by atoms with Gasteiger partial charge in [0.1, 0.15) is 17.8 Å². The van der Waals surface area contributed by atoms with E-state index in [2.05, 4.69) is 10.6 Å². The fourth-order valence-electron chi connectivity index (χ4n) is 5.60. The van der Waals surface area contributed by atoms with Crippen LogP contribution in [0.3, 0.4) is 0 Å². The van der Waals surface area contributed by atoms with Crippen LogP contribution in [-0.2, 0) is 21.4 Å². The lowest BCUT2D eigenvalue weighted by atomic mass is 9.59. The summed E-state index contributed by atoms with van der Waals surface area (Å²) in [4.78, 5) is 27.4. The van der Waals surface area contributed by atoms with Crippen molar-refractivity contribution in [2.45, 2.75) is 37.1 Å². The van der Waals surface area contributed by atoms with Gasteiger partial charge in [0.25, 0.3) is 0 Å². The number of aliphatic hydroxyl groups excluding tert-OH is 1. The number of ether oxygens (including phenoxy) is 1. The number of hydrogen-bond acceptors (Lipinski definition) is 4. The molecule has 0 radical (unpaired) electrons. The average Bonchev–Trinajstić information content (AvgIpc) is 3.14. The Hall–Kier alpha value is -3.06. The zero-order valence-corrected chi connectivity index (χ0v) is 21.2. The average molecular weight is 525 g/mol. The highest BCUT2D eigenvalue weighted by Crippen LogP contribution is 2.58. The molecule has 2 amide bonds. The number of amides is 2. The fraction of sp³-hybridized carbons (Fsp3) is 0.286. The Morgan fingerprint density at radius 3 is 2.61 bits per heavy atom. The molecule has 186 valence electrons. The molecule has 0 saturated carbocycles. The summed E-state index contributed by atoms with van der Waals surface area (Å²) in [5, 5.41) is 16.6. The lowest BCUT2D eigenvalue weighted by Gasteiger charge is -2.46. The van der Waals surface area contributed by atoms with Crippen LogP contribution in [0.4, 0.5) is 5.69 Å². The molecule has 6 nitrogen and oxygen atoms in total. The molecule has 0 aliphatic carbocycles. The predicted molar refractivity (Wildman–Crippen MR) is 140 cm³/mol. The van der Waals surface area contributed by atoms with Crippen LogP contribution >= 0.6 is 23.2 Å². The minimum absolute atomic E-state index is 0.0856. The van der Waals surface area contributed by atoms with E-state index in [1.165, 1.54) is 0 Å². The molecule has 5 rings (SSSR count). The van der Waals surface area contributed by atoms with Gasteiger partial charge in [0.15, 0.2) is 0 Å². The van der Waals surface area contributed by atoms with E-state index >= 15 is 0 Å². The highest BCUT2D eigenvalue weighted by molar-refractivity contribution is 6.31. The molecule has 0 aromatic heterocycles. The first-order valence-corrected chi connectivity index (χ1v) is 12.7. The number of fused-ring (bicyclic) bond motifs is 2. The van der Waals surface area contributed by atoms with Crippen molar-refractivity contribution in [2.75, 3.05) is 18.5 Å². The maximum atomic E-state index is 14.1. The molecule has 3 aromatic rings.